The summed E-state index contributed by atoms with van der Waals surface area (Å²) >= 11 is 0. The van der Waals surface area contributed by atoms with Crippen molar-refractivity contribution >= 4 is 23.3 Å². The molecule has 11 heteroatoms. The Balaban J connectivity index is 1.63. The lowest BCUT2D eigenvalue weighted by molar-refractivity contribution is -0.117. The van der Waals surface area contributed by atoms with E-state index in [1.165, 1.54) is 0 Å². The fraction of sp³-hybridized carbons (Fsp3) is 0.333. The number of Topliss-reactive ketones (excluding diaryl/α,β-unsaturated/α-hetero) is 1. The van der Waals surface area contributed by atoms with Gasteiger partial charge in [0.2, 0.25) is 11.9 Å². The van der Waals surface area contributed by atoms with E-state index in [0.29, 0.717) is 48.9 Å². The van der Waals surface area contributed by atoms with Gasteiger partial charge in [0.1, 0.15) is 23.0 Å². The Morgan fingerprint density at radius 3 is 1.58 bits per heavy atom. The number of nitrogens with zero attached hydrogens (tertiary/aromatic N) is 3. The smallest absolute Gasteiger partial charge is 0.228 e. The highest BCUT2D eigenvalue weighted by Crippen LogP contribution is 2.30. The van der Waals surface area contributed by atoms with Crippen LogP contribution in [0.15, 0.2) is 42.2 Å². The van der Waals surface area contributed by atoms with E-state index >= 15 is 0 Å². The molecule has 1 aromatic heterocycles. The molecule has 0 spiro atoms. The topological polar surface area (TPSA) is 117 Å². The first kappa shape index (κ1) is 26.6. The Bertz CT molecular complexity index is 1230. The minimum atomic E-state index is -0.797. The van der Waals surface area contributed by atoms with E-state index in [1.807, 2.05) is 24.3 Å². The summed E-state index contributed by atoms with van der Waals surface area (Å²) in [6.45, 7) is 0.675. The minimum absolute atomic E-state index is 0.113. The predicted octanol–water partition coefficient (Wildman–Crippen LogP) is 4.56. The van der Waals surface area contributed by atoms with Gasteiger partial charge in [-0.15, -0.1) is 0 Å². The van der Waals surface area contributed by atoms with Gasteiger partial charge < -0.3 is 29.6 Å². The first-order chi connectivity index (χ1) is 18.4. The van der Waals surface area contributed by atoms with Gasteiger partial charge in [0.25, 0.3) is 0 Å². The molecule has 0 aliphatic heterocycles. The molecule has 0 fully saturated rings. The van der Waals surface area contributed by atoms with Crippen molar-refractivity contribution in [1.82, 2.24) is 15.0 Å². The lowest BCUT2D eigenvalue weighted by Gasteiger charge is -2.16. The van der Waals surface area contributed by atoms with Crippen molar-refractivity contribution in [3.8, 4) is 23.0 Å². The average molecular weight is 524 g/mol. The SMILES string of the molecule is COc1cc(CNc2nc(NCc3cc(OC)cc(OC)c3)nc(C3=C(F)C(=O)CCC3)n2)cc(OC)c1. The second-order valence-corrected chi connectivity index (χ2v) is 8.52. The largest absolute Gasteiger partial charge is 0.497 e. The number of ketones is 1. The van der Waals surface area contributed by atoms with Crippen molar-refractivity contribution in [3.05, 3.63) is 59.2 Å². The number of aromatic nitrogens is 3. The maximum Gasteiger partial charge on any atom is 0.228 e. The summed E-state index contributed by atoms with van der Waals surface area (Å²) in [5.41, 5.74) is 1.90. The third-order valence-corrected chi connectivity index (χ3v) is 5.97. The van der Waals surface area contributed by atoms with Crippen LogP contribution >= 0.6 is 0 Å². The van der Waals surface area contributed by atoms with Crippen LogP contribution in [0, 0.1) is 0 Å². The number of ether oxygens (including phenoxy) is 4. The third kappa shape index (κ3) is 6.47. The minimum Gasteiger partial charge on any atom is -0.497 e. The third-order valence-electron chi connectivity index (χ3n) is 5.97. The summed E-state index contributed by atoms with van der Waals surface area (Å²) in [6, 6.07) is 11.0. The predicted molar refractivity (Wildman–Crippen MR) is 140 cm³/mol. The highest BCUT2D eigenvalue weighted by Gasteiger charge is 2.24. The molecule has 1 heterocycles. The molecule has 0 radical (unpaired) electrons. The molecule has 0 saturated carbocycles. The number of allylic oxidation sites excluding steroid dienone is 2. The van der Waals surface area contributed by atoms with Crippen LogP contribution in [-0.4, -0.2) is 49.2 Å². The number of carbonyl (C=O) groups is 1. The zero-order valence-corrected chi connectivity index (χ0v) is 21.8. The van der Waals surface area contributed by atoms with Crippen LogP contribution in [0.25, 0.3) is 5.57 Å². The lowest BCUT2D eigenvalue weighted by Crippen LogP contribution is -2.14. The number of halogens is 1. The van der Waals surface area contributed by atoms with Gasteiger partial charge in [-0.25, -0.2) is 4.39 Å². The van der Waals surface area contributed by atoms with Gasteiger partial charge in [0.15, 0.2) is 17.4 Å². The number of hydrogen-bond donors (Lipinski definition) is 2. The highest BCUT2D eigenvalue weighted by molar-refractivity contribution is 6.01. The van der Waals surface area contributed by atoms with E-state index in [0.717, 1.165) is 11.1 Å². The normalized spacial score (nSPS) is 13.2. The Morgan fingerprint density at radius 1 is 0.711 bits per heavy atom. The molecule has 1 aliphatic carbocycles. The highest BCUT2D eigenvalue weighted by atomic mass is 19.1. The standard InChI is InChI=1S/C27H30FN5O5/c1-35-18-8-16(9-19(12-18)36-2)14-29-26-31-25(22-6-5-7-23(34)24(22)28)32-27(33-26)30-15-17-10-20(37-3)13-21(11-17)38-4/h8-13H,5-7,14-15H2,1-4H3,(H2,29,30,31,32,33). The van der Waals surface area contributed by atoms with Crippen molar-refractivity contribution in [3.63, 3.8) is 0 Å². The molecule has 0 unspecified atom stereocenters. The van der Waals surface area contributed by atoms with E-state index < -0.39 is 11.6 Å². The Hall–Kier alpha value is -4.41. The second-order valence-electron chi connectivity index (χ2n) is 8.52. The molecular weight excluding hydrogens is 493 g/mol. The molecule has 2 aromatic carbocycles. The first-order valence-electron chi connectivity index (χ1n) is 12.0. The molecule has 200 valence electrons. The van der Waals surface area contributed by atoms with Crippen LogP contribution in [0.2, 0.25) is 0 Å². The van der Waals surface area contributed by atoms with Gasteiger partial charge >= 0.3 is 0 Å². The molecule has 3 aromatic rings. The Kier molecular flexibility index (Phi) is 8.57. The summed E-state index contributed by atoms with van der Waals surface area (Å²) in [5, 5.41) is 6.32. The fourth-order valence-electron chi connectivity index (χ4n) is 3.99. The zero-order chi connectivity index (χ0) is 27.1. The molecule has 4 rings (SSSR count). The second kappa shape index (κ2) is 12.2. The van der Waals surface area contributed by atoms with Crippen LogP contribution in [0.5, 0.6) is 23.0 Å². The number of rotatable bonds is 11. The number of benzene rings is 2. The summed E-state index contributed by atoms with van der Waals surface area (Å²) in [6.07, 6.45) is 1.07. The lowest BCUT2D eigenvalue weighted by atomic mass is 9.97. The Morgan fingerprint density at radius 2 is 1.16 bits per heavy atom. The summed E-state index contributed by atoms with van der Waals surface area (Å²) in [4.78, 5) is 25.4. The molecule has 0 atom stereocenters. The summed E-state index contributed by atoms with van der Waals surface area (Å²) in [5.74, 6) is 1.78. The van der Waals surface area contributed by atoms with E-state index in [-0.39, 0.29) is 29.7 Å². The van der Waals surface area contributed by atoms with Gasteiger partial charge in [-0.05, 0) is 48.2 Å². The van der Waals surface area contributed by atoms with Crippen LogP contribution in [0.1, 0.15) is 36.2 Å². The van der Waals surface area contributed by atoms with Crippen LogP contribution in [0.3, 0.4) is 0 Å². The van der Waals surface area contributed by atoms with Gasteiger partial charge in [-0.3, -0.25) is 4.79 Å². The van der Waals surface area contributed by atoms with E-state index in [9.17, 15) is 9.18 Å². The monoisotopic (exact) mass is 523 g/mol. The molecule has 2 N–H and O–H groups in total. The van der Waals surface area contributed by atoms with Crippen molar-refractivity contribution < 1.29 is 28.1 Å². The number of methoxy groups -OCH3 is 4. The number of nitrogens with one attached hydrogen (secondary N) is 2. The van der Waals surface area contributed by atoms with Crippen molar-refractivity contribution in [2.75, 3.05) is 39.1 Å². The maximum absolute atomic E-state index is 14.8. The van der Waals surface area contributed by atoms with Gasteiger partial charge in [-0.2, -0.15) is 15.0 Å². The van der Waals surface area contributed by atoms with Crippen LogP contribution in [-0.2, 0) is 17.9 Å². The van der Waals surface area contributed by atoms with Gasteiger partial charge in [-0.1, -0.05) is 0 Å². The number of hydrogen-bond acceptors (Lipinski definition) is 10. The molecule has 0 saturated heterocycles. The quantitative estimate of drug-likeness (QED) is 0.370. The molecule has 10 nitrogen and oxygen atoms in total. The zero-order valence-electron chi connectivity index (χ0n) is 21.8. The Labute approximate surface area is 220 Å². The fourth-order valence-corrected chi connectivity index (χ4v) is 3.99. The van der Waals surface area contributed by atoms with E-state index in [2.05, 4.69) is 25.6 Å². The molecule has 1 aliphatic rings. The van der Waals surface area contributed by atoms with E-state index in [4.69, 9.17) is 18.9 Å². The first-order valence-corrected chi connectivity index (χ1v) is 12.0. The van der Waals surface area contributed by atoms with Crippen molar-refractivity contribution in [1.29, 1.82) is 0 Å². The van der Waals surface area contributed by atoms with E-state index in [1.54, 1.807) is 40.6 Å². The summed E-state index contributed by atoms with van der Waals surface area (Å²) < 4.78 is 36.1. The number of carbonyl (C=O) groups excluding carboxylic acids is 1. The number of anilines is 2. The molecule has 0 amide bonds. The average Bonchev–Trinajstić information content (AvgIpc) is 2.95. The maximum atomic E-state index is 14.8. The van der Waals surface area contributed by atoms with Crippen LogP contribution < -0.4 is 29.6 Å². The molecular formula is C27H30FN5O5. The van der Waals surface area contributed by atoms with Gasteiger partial charge in [0, 0.05) is 37.2 Å². The van der Waals surface area contributed by atoms with Crippen molar-refractivity contribution in [2.24, 2.45) is 0 Å². The van der Waals surface area contributed by atoms with Crippen LogP contribution in [0.4, 0.5) is 16.3 Å². The molecule has 0 bridgehead atoms. The van der Waals surface area contributed by atoms with Gasteiger partial charge in [0.05, 0.1) is 28.4 Å². The molecule has 38 heavy (non-hydrogen) atoms. The summed E-state index contributed by atoms with van der Waals surface area (Å²) in [7, 11) is 6.31. The van der Waals surface area contributed by atoms with Crippen molar-refractivity contribution in [2.45, 2.75) is 32.4 Å².